The number of morpholine rings is 1. The summed E-state index contributed by atoms with van der Waals surface area (Å²) in [5.74, 6) is 0. The average Bonchev–Trinajstić information content (AvgIpc) is 2.83. The number of nitrogens with zero attached hydrogens (tertiary/aromatic N) is 5. The Labute approximate surface area is 146 Å². The fourth-order valence-corrected chi connectivity index (χ4v) is 1.92. The van der Waals surface area contributed by atoms with Gasteiger partial charge in [0.15, 0.2) is 5.69 Å². The molecule has 142 valence electrons. The van der Waals surface area contributed by atoms with E-state index in [0.717, 1.165) is 26.3 Å². The van der Waals surface area contributed by atoms with E-state index in [9.17, 15) is 5.21 Å². The van der Waals surface area contributed by atoms with E-state index in [4.69, 9.17) is 4.74 Å². The molecule has 2 aliphatic heterocycles. The van der Waals surface area contributed by atoms with Crippen molar-refractivity contribution in [3.63, 3.8) is 0 Å². The van der Waals surface area contributed by atoms with E-state index in [2.05, 4.69) is 45.6 Å². The lowest BCUT2D eigenvalue weighted by atomic mass is 10.4. The highest BCUT2D eigenvalue weighted by Gasteiger charge is 2.08. The van der Waals surface area contributed by atoms with Gasteiger partial charge in [0.05, 0.1) is 13.2 Å². The number of rotatable bonds is 0. The van der Waals surface area contributed by atoms with Gasteiger partial charge in [0.1, 0.15) is 0 Å². The van der Waals surface area contributed by atoms with Crippen LogP contribution in [0.5, 0.6) is 0 Å². The molecule has 0 aromatic carbocycles. The summed E-state index contributed by atoms with van der Waals surface area (Å²) in [4.78, 5) is 7.37. The molecule has 0 saturated carbocycles. The highest BCUT2D eigenvalue weighted by atomic mass is 16.8. The third-order valence-electron chi connectivity index (χ3n) is 4.01. The van der Waals surface area contributed by atoms with Gasteiger partial charge in [0.25, 0.3) is 0 Å². The van der Waals surface area contributed by atoms with Crippen molar-refractivity contribution in [3.8, 4) is 0 Å². The lowest BCUT2D eigenvalue weighted by Gasteiger charge is -2.28. The third kappa shape index (κ3) is 9.17. The monoisotopic (exact) mass is 345 g/mol. The number of hydrogen-bond donors (Lipinski definition) is 0. The van der Waals surface area contributed by atoms with Crippen molar-refractivity contribution in [1.29, 1.82) is 0 Å². The van der Waals surface area contributed by atoms with E-state index < -0.39 is 0 Å². The average molecular weight is 345 g/mol. The summed E-state index contributed by atoms with van der Waals surface area (Å²) in [6.07, 6.45) is 0. The molecule has 0 unspecified atom stereocenters. The SMILES string of the molecule is C.CN1CCN(C)CC1.CN1CCOCC1.Cc1no[n+]([O-])c1C. The molecule has 1 aromatic heterocycles. The number of piperazine rings is 1. The Bertz CT molecular complexity index is 398. The van der Waals surface area contributed by atoms with E-state index >= 15 is 0 Å². The summed E-state index contributed by atoms with van der Waals surface area (Å²) in [7, 11) is 6.46. The van der Waals surface area contributed by atoms with Crippen LogP contribution in [0.2, 0.25) is 0 Å². The zero-order valence-electron chi connectivity index (χ0n) is 15.1. The van der Waals surface area contributed by atoms with Crippen LogP contribution in [0.3, 0.4) is 0 Å². The molecule has 2 aliphatic rings. The number of aromatic nitrogens is 2. The Balaban J connectivity index is 0.000000325. The van der Waals surface area contributed by atoms with Gasteiger partial charge >= 0.3 is 0 Å². The van der Waals surface area contributed by atoms with Crippen LogP contribution < -0.4 is 4.90 Å². The van der Waals surface area contributed by atoms with Crippen molar-refractivity contribution in [2.45, 2.75) is 21.3 Å². The summed E-state index contributed by atoms with van der Waals surface area (Å²) < 4.78 is 9.30. The molecule has 3 rings (SSSR count). The maximum atomic E-state index is 10.3. The molecular weight excluding hydrogens is 310 g/mol. The van der Waals surface area contributed by atoms with Crippen molar-refractivity contribution in [2.24, 2.45) is 0 Å². The van der Waals surface area contributed by atoms with Crippen LogP contribution in [-0.2, 0) is 4.74 Å². The van der Waals surface area contributed by atoms with E-state index in [1.165, 1.54) is 26.2 Å². The van der Waals surface area contributed by atoms with Crippen molar-refractivity contribution < 1.29 is 14.3 Å². The van der Waals surface area contributed by atoms with Crippen LogP contribution in [0.25, 0.3) is 0 Å². The summed E-state index contributed by atoms with van der Waals surface area (Å²) in [6, 6.07) is 0. The molecule has 3 heterocycles. The van der Waals surface area contributed by atoms with Crippen LogP contribution in [0.15, 0.2) is 4.63 Å². The van der Waals surface area contributed by atoms with Gasteiger partial charge in [-0.05, 0) is 26.0 Å². The van der Waals surface area contributed by atoms with Crippen LogP contribution in [0.1, 0.15) is 18.8 Å². The highest BCUT2D eigenvalue weighted by Crippen LogP contribution is 1.93. The van der Waals surface area contributed by atoms with Gasteiger partial charge in [-0.15, -0.1) is 0 Å². The normalized spacial score (nSPS) is 19.4. The quantitative estimate of drug-likeness (QED) is 0.629. The van der Waals surface area contributed by atoms with Crippen LogP contribution in [-0.4, -0.2) is 93.5 Å². The first kappa shape index (κ1) is 22.8. The molecule has 2 fully saturated rings. The van der Waals surface area contributed by atoms with E-state index in [1.807, 2.05) is 0 Å². The molecular formula is C16H35N5O3. The van der Waals surface area contributed by atoms with Crippen molar-refractivity contribution in [2.75, 3.05) is 73.6 Å². The lowest BCUT2D eigenvalue weighted by molar-refractivity contribution is -0.806. The van der Waals surface area contributed by atoms with E-state index in [-0.39, 0.29) is 7.43 Å². The Kier molecular flexibility index (Phi) is 11.6. The molecule has 0 aliphatic carbocycles. The van der Waals surface area contributed by atoms with Gasteiger partial charge in [-0.2, -0.15) is 0 Å². The summed E-state index contributed by atoms with van der Waals surface area (Å²) in [6.45, 7) is 12.3. The number of likely N-dealkylation sites (N-methyl/N-ethyl adjacent to an activating group) is 3. The Morgan fingerprint density at radius 3 is 1.50 bits per heavy atom. The topological polar surface area (TPSA) is 71.9 Å². The van der Waals surface area contributed by atoms with Crippen LogP contribution >= 0.6 is 0 Å². The standard InChI is InChI=1S/C6H14N2.C5H11NO.C4H6N2O2.CH4/c1-7-3-5-8(2)6-4-7;1-6-2-4-7-5-3-6;1-3-4(2)6(7)8-5-3;/h3-6H2,1-2H3;2-5H2,1H3;1-2H3;1H4. The van der Waals surface area contributed by atoms with Gasteiger partial charge < -0.3 is 24.6 Å². The van der Waals surface area contributed by atoms with E-state index in [1.54, 1.807) is 13.8 Å². The smallest absolute Gasteiger partial charge is 0.217 e. The van der Waals surface area contributed by atoms with Crippen molar-refractivity contribution >= 4 is 0 Å². The Morgan fingerprint density at radius 2 is 1.29 bits per heavy atom. The molecule has 0 spiro atoms. The van der Waals surface area contributed by atoms with Gasteiger partial charge in [-0.1, -0.05) is 7.43 Å². The lowest BCUT2D eigenvalue weighted by Crippen LogP contribution is -2.42. The molecule has 0 amide bonds. The Morgan fingerprint density at radius 1 is 0.875 bits per heavy atom. The fourth-order valence-electron chi connectivity index (χ4n) is 1.92. The zero-order valence-corrected chi connectivity index (χ0v) is 15.1. The molecule has 24 heavy (non-hydrogen) atoms. The second kappa shape index (κ2) is 12.2. The van der Waals surface area contributed by atoms with Gasteiger partial charge in [0, 0.05) is 58.3 Å². The summed E-state index contributed by atoms with van der Waals surface area (Å²) >= 11 is 0. The van der Waals surface area contributed by atoms with Crippen LogP contribution in [0.4, 0.5) is 0 Å². The molecule has 0 bridgehead atoms. The maximum Gasteiger partial charge on any atom is 0.217 e. The zero-order chi connectivity index (χ0) is 17.2. The minimum Gasteiger partial charge on any atom is -0.379 e. The largest absolute Gasteiger partial charge is 0.379 e. The first-order valence-corrected chi connectivity index (χ1v) is 8.06. The van der Waals surface area contributed by atoms with Gasteiger partial charge in [-0.25, -0.2) is 0 Å². The third-order valence-corrected chi connectivity index (χ3v) is 4.01. The first-order chi connectivity index (χ1) is 10.9. The van der Waals surface area contributed by atoms with Crippen LogP contribution in [0, 0.1) is 19.1 Å². The second-order valence-electron chi connectivity index (χ2n) is 6.12. The van der Waals surface area contributed by atoms with Crippen molar-refractivity contribution in [3.05, 3.63) is 16.6 Å². The molecule has 0 radical (unpaired) electrons. The summed E-state index contributed by atoms with van der Waals surface area (Å²) in [5.41, 5.74) is 1.16. The number of ether oxygens (including phenoxy) is 1. The molecule has 1 aromatic rings. The van der Waals surface area contributed by atoms with Gasteiger partial charge in [-0.3, -0.25) is 4.63 Å². The molecule has 8 heteroatoms. The molecule has 8 nitrogen and oxygen atoms in total. The predicted octanol–water partition coefficient (Wildman–Crippen LogP) is 0.373. The van der Waals surface area contributed by atoms with Gasteiger partial charge in [0.2, 0.25) is 5.69 Å². The highest BCUT2D eigenvalue weighted by molar-refractivity contribution is 4.95. The maximum absolute atomic E-state index is 10.3. The number of aryl methyl sites for hydroxylation is 1. The Hall–Kier alpha value is -1.22. The fraction of sp³-hybridized carbons (Fsp3) is 0.875. The van der Waals surface area contributed by atoms with Crippen molar-refractivity contribution in [1.82, 2.24) is 19.9 Å². The minimum absolute atomic E-state index is 0. The molecule has 2 saturated heterocycles. The van der Waals surface area contributed by atoms with E-state index in [0.29, 0.717) is 16.3 Å². The molecule has 0 atom stereocenters. The predicted molar refractivity (Wildman–Crippen MR) is 95.0 cm³/mol. The second-order valence-corrected chi connectivity index (χ2v) is 6.12. The minimum atomic E-state index is 0. The summed E-state index contributed by atoms with van der Waals surface area (Å²) in [5, 5.41) is 13.7. The number of hydrogen-bond acceptors (Lipinski definition) is 7. The first-order valence-electron chi connectivity index (χ1n) is 8.06. The molecule has 0 N–H and O–H groups in total.